The number of benzene rings is 1. The largest absolute Gasteiger partial charge is 0.487 e. The lowest BCUT2D eigenvalue weighted by Gasteiger charge is -2.37. The number of hydrogen-bond donors (Lipinski definition) is 1. The summed E-state index contributed by atoms with van der Waals surface area (Å²) in [4.78, 5) is 24.6. The molecule has 4 rings (SSSR count). The third-order valence-electron chi connectivity index (χ3n) is 4.25. The van der Waals surface area contributed by atoms with Gasteiger partial charge in [-0.15, -0.1) is 12.4 Å². The lowest BCUT2D eigenvalue weighted by atomic mass is 10.1. The first-order chi connectivity index (χ1) is 15.4. The number of hydrogen-bond acceptors (Lipinski definition) is 5. The molecule has 0 bridgehead atoms. The Bertz CT molecular complexity index is 1280. The summed E-state index contributed by atoms with van der Waals surface area (Å²) < 4.78 is 88.9. The van der Waals surface area contributed by atoms with E-state index in [1.807, 2.05) is 0 Å². The van der Waals surface area contributed by atoms with Crippen molar-refractivity contribution in [1.82, 2.24) is 9.47 Å². The van der Waals surface area contributed by atoms with Crippen LogP contribution in [0.5, 0.6) is 5.75 Å². The topological polar surface area (TPSA) is 75.0 Å². The number of carboxylic acids is 1. The monoisotopic (exact) mass is 405 g/mol. The average molecular weight is 406 g/mol. The fourth-order valence-corrected chi connectivity index (χ4v) is 2.99. The highest BCUT2D eigenvalue weighted by molar-refractivity contribution is 5.97. The summed E-state index contributed by atoms with van der Waals surface area (Å²) in [6.45, 7) is -11.5. The Morgan fingerprint density at radius 3 is 2.67 bits per heavy atom. The summed E-state index contributed by atoms with van der Waals surface area (Å²) in [5, 5.41) is 8.98. The van der Waals surface area contributed by atoms with Gasteiger partial charge in [0.2, 0.25) is 5.43 Å². The molecule has 2 aromatic rings. The molecule has 1 N–H and O–H groups in total. The lowest BCUT2D eigenvalue weighted by Crippen LogP contribution is -2.45. The van der Waals surface area contributed by atoms with Crippen molar-refractivity contribution in [3.8, 4) is 5.75 Å². The number of likely N-dealkylation sites (N-methyl/N-ethyl adjacent to an activating group) is 1. The van der Waals surface area contributed by atoms with Crippen LogP contribution >= 0.6 is 12.4 Å². The van der Waals surface area contributed by atoms with Crippen LogP contribution < -0.4 is 15.1 Å². The highest BCUT2D eigenvalue weighted by atomic mass is 35.5. The van der Waals surface area contributed by atoms with Crippen LogP contribution in [0.4, 0.5) is 10.1 Å². The zero-order chi connectivity index (χ0) is 25.8. The molecule has 1 aromatic carbocycles. The molecule has 2 aliphatic heterocycles. The molecule has 1 fully saturated rings. The second-order valence-corrected chi connectivity index (χ2v) is 6.02. The smallest absolute Gasteiger partial charge is 0.341 e. The van der Waals surface area contributed by atoms with Gasteiger partial charge in [0.1, 0.15) is 17.9 Å². The zero-order valence-corrected chi connectivity index (χ0v) is 15.1. The predicted octanol–water partition coefficient (Wildman–Crippen LogP) is 1.97. The number of rotatable bonds is 2. The van der Waals surface area contributed by atoms with Gasteiger partial charge in [-0.1, -0.05) is 0 Å². The van der Waals surface area contributed by atoms with Crippen molar-refractivity contribution in [1.29, 1.82) is 0 Å². The predicted molar refractivity (Wildman–Crippen MR) is 102 cm³/mol. The Morgan fingerprint density at radius 2 is 2.04 bits per heavy atom. The summed E-state index contributed by atoms with van der Waals surface area (Å²) in [5.74, 6) is -3.48. The van der Waals surface area contributed by atoms with E-state index in [1.165, 1.54) is 4.57 Å². The Labute approximate surface area is 172 Å². The van der Waals surface area contributed by atoms with Crippen molar-refractivity contribution in [3.63, 3.8) is 0 Å². The minimum Gasteiger partial charge on any atom is -0.487 e. The molecule has 0 amide bonds. The third kappa shape index (κ3) is 3.02. The zero-order valence-electron chi connectivity index (χ0n) is 22.2. The molecule has 0 radical (unpaired) electrons. The number of anilines is 1. The van der Waals surface area contributed by atoms with Gasteiger partial charge in [0.25, 0.3) is 0 Å². The minimum absolute atomic E-state index is 0. The molecule has 9 heteroatoms. The molecule has 1 saturated heterocycles. The summed E-state index contributed by atoms with van der Waals surface area (Å²) in [6, 6.07) is 0.0575. The Balaban J connectivity index is 0.00000342. The van der Waals surface area contributed by atoms with Crippen molar-refractivity contribution in [2.75, 3.05) is 44.5 Å². The Hall–Kier alpha value is -2.32. The Kier molecular flexibility index (Phi) is 2.99. The molecule has 2 aliphatic rings. The number of aromatic carboxylic acids is 1. The maximum atomic E-state index is 15.6. The van der Waals surface area contributed by atoms with E-state index in [0.29, 0.717) is 6.07 Å². The summed E-state index contributed by atoms with van der Waals surface area (Å²) >= 11 is 0. The molecule has 3 heterocycles. The van der Waals surface area contributed by atoms with Gasteiger partial charge in [0.05, 0.1) is 22.4 Å². The van der Waals surface area contributed by atoms with E-state index in [1.54, 1.807) is 6.92 Å². The van der Waals surface area contributed by atoms with E-state index in [-0.39, 0.29) is 34.3 Å². The molecule has 0 spiro atoms. The van der Waals surface area contributed by atoms with Crippen LogP contribution in [0.15, 0.2) is 17.1 Å². The van der Waals surface area contributed by atoms with Crippen LogP contribution in [0.2, 0.25) is 0 Å². The van der Waals surface area contributed by atoms with Crippen molar-refractivity contribution >= 4 is 35.0 Å². The molecule has 0 aliphatic carbocycles. The van der Waals surface area contributed by atoms with Gasteiger partial charge in [-0.05, 0) is 20.0 Å². The number of nitrogens with zero attached hydrogens (tertiary/aromatic N) is 3. The maximum Gasteiger partial charge on any atom is 0.341 e. The summed E-state index contributed by atoms with van der Waals surface area (Å²) in [7, 11) is 0.872. The van der Waals surface area contributed by atoms with Crippen LogP contribution in [0, 0.1) is 5.82 Å². The van der Waals surface area contributed by atoms with Crippen molar-refractivity contribution in [3.05, 3.63) is 33.9 Å². The van der Waals surface area contributed by atoms with Gasteiger partial charge in [-0.25, -0.2) is 9.18 Å². The Morgan fingerprint density at radius 1 is 1.37 bits per heavy atom. The van der Waals surface area contributed by atoms with Crippen LogP contribution in [0.3, 0.4) is 0 Å². The van der Waals surface area contributed by atoms with Crippen molar-refractivity contribution in [2.45, 2.75) is 13.0 Å². The highest BCUT2D eigenvalue weighted by Gasteiger charge is 2.30. The first kappa shape index (κ1) is 11.5. The van der Waals surface area contributed by atoms with Gasteiger partial charge >= 0.3 is 5.97 Å². The van der Waals surface area contributed by atoms with Gasteiger partial charge in [-0.2, -0.15) is 0 Å². The normalized spacial score (nSPS) is 31.4. The van der Waals surface area contributed by atoms with Gasteiger partial charge in [-0.3, -0.25) is 4.79 Å². The molecule has 146 valence electrons. The van der Waals surface area contributed by atoms with Gasteiger partial charge in [0, 0.05) is 37.7 Å². The van der Waals surface area contributed by atoms with E-state index < -0.39 is 71.6 Å². The van der Waals surface area contributed by atoms with Crippen molar-refractivity contribution < 1.29 is 30.0 Å². The molecule has 1 atom stereocenters. The number of carbonyl (C=O) groups is 1. The molecular weight excluding hydrogens is 377 g/mol. The first-order valence-corrected chi connectivity index (χ1v) is 7.72. The molecule has 0 saturated carbocycles. The molecule has 7 nitrogen and oxygen atoms in total. The third-order valence-corrected chi connectivity index (χ3v) is 4.25. The number of aromatic nitrogens is 1. The minimum atomic E-state index is -3.33. The molecule has 0 unspecified atom stereocenters. The SMILES string of the molecule is Cl.[2H]C1([2H])N(C)C([2H])([2H])C([2H])([2H])N(c2c(F)cc3c(=O)c(C(=O)O)cn4c3c2OC[C@@H]4C)C1([2H])[2H]. The second-order valence-electron chi connectivity index (χ2n) is 6.02. The van der Waals surface area contributed by atoms with E-state index in [0.717, 1.165) is 13.2 Å². The molecular formula is C18H21ClFN3O4. The van der Waals surface area contributed by atoms with E-state index in [2.05, 4.69) is 0 Å². The fraction of sp³-hybridized carbons (Fsp3) is 0.444. The number of pyridine rings is 1. The maximum absolute atomic E-state index is 15.6. The van der Waals surface area contributed by atoms with Gasteiger partial charge in [0.15, 0.2) is 11.6 Å². The summed E-state index contributed by atoms with van der Waals surface area (Å²) in [6.07, 6.45) is 1.02. The van der Waals surface area contributed by atoms with E-state index in [9.17, 15) is 14.7 Å². The van der Waals surface area contributed by atoms with Crippen LogP contribution in [-0.2, 0) is 0 Å². The van der Waals surface area contributed by atoms with Crippen molar-refractivity contribution in [2.24, 2.45) is 0 Å². The lowest BCUT2D eigenvalue weighted by molar-refractivity contribution is 0.0694. The second kappa shape index (κ2) is 7.01. The van der Waals surface area contributed by atoms with E-state index in [4.69, 9.17) is 15.7 Å². The van der Waals surface area contributed by atoms with Crippen LogP contribution in [0.1, 0.15) is 34.3 Å². The quantitative estimate of drug-likeness (QED) is 0.823. The molecule has 27 heavy (non-hydrogen) atoms. The van der Waals surface area contributed by atoms with Crippen LogP contribution in [-0.4, -0.2) is 60.2 Å². The average Bonchev–Trinajstić information content (AvgIpc) is 2.71. The summed E-state index contributed by atoms with van der Waals surface area (Å²) in [5.41, 5.74) is -2.75. The number of carboxylic acid groups (broad SMARTS) is 1. The molecule has 1 aromatic heterocycles. The van der Waals surface area contributed by atoms with Gasteiger partial charge < -0.3 is 24.2 Å². The fourth-order valence-electron chi connectivity index (χ4n) is 2.99. The van der Waals surface area contributed by atoms with Crippen LogP contribution in [0.25, 0.3) is 10.9 Å². The van der Waals surface area contributed by atoms with E-state index >= 15 is 4.39 Å². The standard InChI is InChI=1S/C18H20FN3O4.ClH/c1-10-9-26-17-14-11(16(23)12(18(24)25)8-22(10)14)7-13(19)15(17)21-5-3-20(2)4-6-21;/h7-8,10H,3-6,9H2,1-2H3,(H,24,25);1H/t10-;/m0./s1/i3D2,4D2,5D2,6D2;. The number of piperazine rings is 1. The number of halogens is 2. The number of ether oxygens (including phenoxy) is 1. The highest BCUT2D eigenvalue weighted by Crippen LogP contribution is 2.42. The first-order valence-electron chi connectivity index (χ1n) is 11.7.